The Morgan fingerprint density at radius 2 is 2.09 bits per heavy atom. The molecule has 0 spiro atoms. The van der Waals surface area contributed by atoms with Gasteiger partial charge in [-0.25, -0.2) is 0 Å². The lowest BCUT2D eigenvalue weighted by molar-refractivity contribution is -0.114. The van der Waals surface area contributed by atoms with Gasteiger partial charge in [0.1, 0.15) is 5.78 Å². The Bertz CT molecular complexity index is 154. The number of Topliss-reactive ketones (excluding diaryl/α,β-unsaturated/α-hetero) is 1. The van der Waals surface area contributed by atoms with Gasteiger partial charge in [-0.3, -0.25) is 9.00 Å². The van der Waals surface area contributed by atoms with Crippen LogP contribution in [0.25, 0.3) is 0 Å². The molecule has 0 radical (unpaired) electrons. The van der Waals surface area contributed by atoms with Gasteiger partial charge in [-0.15, -0.1) is 0 Å². The van der Waals surface area contributed by atoms with Crippen LogP contribution in [0.15, 0.2) is 0 Å². The Morgan fingerprint density at radius 3 is 2.45 bits per heavy atom. The van der Waals surface area contributed by atoms with Gasteiger partial charge in [0.25, 0.3) is 0 Å². The molecule has 2 atom stereocenters. The first kappa shape index (κ1) is 10.8. The van der Waals surface area contributed by atoms with Crippen LogP contribution in [0.2, 0.25) is 0 Å². The molecule has 2 nitrogen and oxygen atoms in total. The zero-order valence-corrected chi connectivity index (χ0v) is 8.24. The van der Waals surface area contributed by atoms with Crippen molar-refractivity contribution in [2.24, 2.45) is 5.92 Å². The molecule has 3 heteroatoms. The van der Waals surface area contributed by atoms with Crippen molar-refractivity contribution in [3.05, 3.63) is 0 Å². The van der Waals surface area contributed by atoms with Crippen LogP contribution in [0.1, 0.15) is 27.2 Å². The summed E-state index contributed by atoms with van der Waals surface area (Å²) in [5.41, 5.74) is 0. The van der Waals surface area contributed by atoms with E-state index in [4.69, 9.17) is 0 Å². The van der Waals surface area contributed by atoms with Crippen molar-refractivity contribution < 1.29 is 9.00 Å². The van der Waals surface area contributed by atoms with E-state index < -0.39 is 10.8 Å². The maximum absolute atomic E-state index is 11.1. The smallest absolute Gasteiger partial charge is 0.142 e. The summed E-state index contributed by atoms with van der Waals surface area (Å²) in [5.74, 6) is 1.38. The summed E-state index contributed by atoms with van der Waals surface area (Å²) < 4.78 is 11.1. The Kier molecular flexibility index (Phi) is 5.38. The van der Waals surface area contributed by atoms with Gasteiger partial charge in [-0.1, -0.05) is 20.3 Å². The molecular formula is C8H16O2S. The molecule has 0 amide bonds. The third kappa shape index (κ3) is 6.23. The predicted octanol–water partition coefficient (Wildman–Crippen LogP) is 1.37. The van der Waals surface area contributed by atoms with E-state index in [1.165, 1.54) is 6.92 Å². The summed E-state index contributed by atoms with van der Waals surface area (Å²) in [7, 11) is -0.930. The molecule has 0 aliphatic rings. The van der Waals surface area contributed by atoms with Gasteiger partial charge in [-0.05, 0) is 12.8 Å². The first-order valence-corrected chi connectivity index (χ1v) is 5.39. The fourth-order valence-corrected chi connectivity index (χ4v) is 2.16. The molecule has 0 aliphatic heterocycles. The molecule has 0 N–H and O–H groups in total. The highest BCUT2D eigenvalue weighted by Crippen LogP contribution is 2.02. The zero-order chi connectivity index (χ0) is 8.85. The molecule has 0 fully saturated rings. The van der Waals surface area contributed by atoms with Crippen LogP contribution < -0.4 is 0 Å². The minimum Gasteiger partial charge on any atom is -0.299 e. The van der Waals surface area contributed by atoms with Gasteiger partial charge in [0.2, 0.25) is 0 Å². The minimum absolute atomic E-state index is 0.0200. The zero-order valence-electron chi connectivity index (χ0n) is 7.42. The van der Waals surface area contributed by atoms with Crippen molar-refractivity contribution in [2.45, 2.75) is 27.2 Å². The molecule has 0 bridgehead atoms. The monoisotopic (exact) mass is 176 g/mol. The Hall–Kier alpha value is -0.180. The van der Waals surface area contributed by atoms with Crippen molar-refractivity contribution in [2.75, 3.05) is 11.5 Å². The van der Waals surface area contributed by atoms with E-state index in [0.717, 1.165) is 6.42 Å². The van der Waals surface area contributed by atoms with E-state index in [-0.39, 0.29) is 11.5 Å². The van der Waals surface area contributed by atoms with Crippen LogP contribution in [-0.4, -0.2) is 21.5 Å². The number of carbonyl (C=O) groups is 1. The summed E-state index contributed by atoms with van der Waals surface area (Å²) in [6.07, 6.45) is 1.03. The van der Waals surface area contributed by atoms with Gasteiger partial charge >= 0.3 is 0 Å². The lowest BCUT2D eigenvalue weighted by atomic mass is 10.2. The highest BCUT2D eigenvalue weighted by Gasteiger charge is 2.07. The van der Waals surface area contributed by atoms with Crippen molar-refractivity contribution >= 4 is 16.6 Å². The normalized spacial score (nSPS) is 15.9. The first-order chi connectivity index (χ1) is 5.06. The maximum Gasteiger partial charge on any atom is 0.142 e. The number of carbonyl (C=O) groups excluding carboxylic acids is 1. The van der Waals surface area contributed by atoms with E-state index in [9.17, 15) is 9.00 Å². The summed E-state index contributed by atoms with van der Waals surface area (Å²) >= 11 is 0. The topological polar surface area (TPSA) is 34.1 Å². The molecule has 11 heavy (non-hydrogen) atoms. The van der Waals surface area contributed by atoms with Gasteiger partial charge in [0.15, 0.2) is 0 Å². The molecule has 0 aromatic rings. The average molecular weight is 176 g/mol. The van der Waals surface area contributed by atoms with Crippen LogP contribution in [0.5, 0.6) is 0 Å². The number of ketones is 1. The molecule has 0 aliphatic carbocycles. The predicted molar refractivity (Wildman–Crippen MR) is 48.0 cm³/mol. The van der Waals surface area contributed by atoms with Crippen LogP contribution in [0.3, 0.4) is 0 Å². The summed E-state index contributed by atoms with van der Waals surface area (Å²) in [4.78, 5) is 10.5. The largest absolute Gasteiger partial charge is 0.299 e. The second-order valence-corrected chi connectivity index (χ2v) is 4.47. The fourth-order valence-electron chi connectivity index (χ4n) is 0.721. The third-order valence-corrected chi connectivity index (χ3v) is 3.20. The van der Waals surface area contributed by atoms with Crippen molar-refractivity contribution in [1.82, 2.24) is 0 Å². The number of rotatable bonds is 5. The van der Waals surface area contributed by atoms with Crippen LogP contribution in [0, 0.1) is 5.92 Å². The number of hydrogen-bond acceptors (Lipinski definition) is 2. The second kappa shape index (κ2) is 5.47. The highest BCUT2D eigenvalue weighted by atomic mass is 32.2. The van der Waals surface area contributed by atoms with E-state index in [1.54, 1.807) is 0 Å². The third-order valence-electron chi connectivity index (χ3n) is 1.53. The molecule has 0 rings (SSSR count). The molecule has 2 unspecified atom stereocenters. The summed E-state index contributed by atoms with van der Waals surface area (Å²) in [6.45, 7) is 5.60. The summed E-state index contributed by atoms with van der Waals surface area (Å²) in [5, 5.41) is 0. The molecule has 0 saturated heterocycles. The molecule has 0 aromatic carbocycles. The van der Waals surface area contributed by atoms with Crippen LogP contribution in [0.4, 0.5) is 0 Å². The minimum atomic E-state index is -0.930. The van der Waals surface area contributed by atoms with Gasteiger partial charge in [-0.2, -0.15) is 0 Å². The summed E-state index contributed by atoms with van der Waals surface area (Å²) in [6, 6.07) is 0. The Morgan fingerprint density at radius 1 is 1.55 bits per heavy atom. The SMILES string of the molecule is CCC(C)CS(=O)CC(C)=O. The Labute approximate surface area is 70.8 Å². The first-order valence-electron chi connectivity index (χ1n) is 3.90. The molecule has 0 saturated carbocycles. The molecule has 0 aromatic heterocycles. The molecule has 66 valence electrons. The number of hydrogen-bond donors (Lipinski definition) is 0. The van der Waals surface area contributed by atoms with Gasteiger partial charge < -0.3 is 0 Å². The lowest BCUT2D eigenvalue weighted by Crippen LogP contribution is -2.14. The van der Waals surface area contributed by atoms with Crippen molar-refractivity contribution in [3.8, 4) is 0 Å². The Balaban J connectivity index is 3.60. The van der Waals surface area contributed by atoms with E-state index in [0.29, 0.717) is 11.7 Å². The van der Waals surface area contributed by atoms with Crippen LogP contribution in [-0.2, 0) is 15.6 Å². The molecule has 0 heterocycles. The van der Waals surface area contributed by atoms with Crippen LogP contribution >= 0.6 is 0 Å². The maximum atomic E-state index is 11.1. The average Bonchev–Trinajstić information content (AvgIpc) is 1.85. The van der Waals surface area contributed by atoms with E-state index >= 15 is 0 Å². The molecular weight excluding hydrogens is 160 g/mol. The lowest BCUT2D eigenvalue weighted by Gasteiger charge is -2.05. The van der Waals surface area contributed by atoms with E-state index in [2.05, 4.69) is 13.8 Å². The van der Waals surface area contributed by atoms with Gasteiger partial charge in [0.05, 0.1) is 5.75 Å². The van der Waals surface area contributed by atoms with Crippen molar-refractivity contribution in [3.63, 3.8) is 0 Å². The van der Waals surface area contributed by atoms with E-state index in [1.807, 2.05) is 0 Å². The highest BCUT2D eigenvalue weighted by molar-refractivity contribution is 7.85. The van der Waals surface area contributed by atoms with Crippen molar-refractivity contribution in [1.29, 1.82) is 0 Å². The quantitative estimate of drug-likeness (QED) is 0.634. The standard InChI is InChI=1S/C8H16O2S/c1-4-7(2)5-11(10)6-8(3)9/h7H,4-6H2,1-3H3. The second-order valence-electron chi connectivity index (χ2n) is 2.97. The fraction of sp³-hybridized carbons (Fsp3) is 0.875. The van der Waals surface area contributed by atoms with Gasteiger partial charge in [0, 0.05) is 16.6 Å².